The van der Waals surface area contributed by atoms with Crippen molar-refractivity contribution in [3.05, 3.63) is 58.8 Å². The second-order valence-electron chi connectivity index (χ2n) is 20.8. The maximum Gasteiger partial charge on any atom is 0.409 e. The molecule has 3 fully saturated rings. The molecule has 23 heteroatoms. The summed E-state index contributed by atoms with van der Waals surface area (Å²) in [6.45, 7) is 14.8. The molecule has 1 saturated carbocycles. The number of aromatic nitrogens is 1. The molecule has 1 aromatic carbocycles. The van der Waals surface area contributed by atoms with Crippen LogP contribution in [-0.4, -0.2) is 156 Å². The van der Waals surface area contributed by atoms with Crippen molar-refractivity contribution >= 4 is 86.5 Å². The molecule has 0 unspecified atom stereocenters. The number of pyridine rings is 1. The van der Waals surface area contributed by atoms with Crippen LogP contribution in [0.2, 0.25) is 5.02 Å². The third-order valence-corrected chi connectivity index (χ3v) is 19.3. The molecular weight excluding hydrogens is 1070 g/mol. The minimum absolute atomic E-state index is 0.0424. The highest BCUT2D eigenvalue weighted by Crippen LogP contribution is 2.49. The molecule has 0 bridgehead atoms. The summed E-state index contributed by atoms with van der Waals surface area (Å²) in [6, 6.07) is 8.29. The number of hydrogen-bond donors (Lipinski definition) is 4. The summed E-state index contributed by atoms with van der Waals surface area (Å²) in [7, 11) is 9.22. The van der Waals surface area contributed by atoms with E-state index in [2.05, 4.69) is 20.9 Å². The molecule has 19 nitrogen and oxygen atoms in total. The number of epoxide rings is 1. The number of halogens is 1. The number of carbonyl (C=O) groups excluding carboxylic acids is 6. The Hall–Kier alpha value is -4.45. The molecule has 2 aromatic rings. The number of alkyl carbamates (subject to hydrolysis) is 2. The van der Waals surface area contributed by atoms with Crippen molar-refractivity contribution < 1.29 is 62.3 Å². The lowest BCUT2D eigenvalue weighted by Crippen LogP contribution is -2.63. The number of anilines is 1. The Kier molecular flexibility index (Phi) is 23.6. The van der Waals surface area contributed by atoms with Crippen LogP contribution < -0.4 is 25.6 Å². The van der Waals surface area contributed by atoms with Crippen molar-refractivity contribution in [2.24, 2.45) is 5.92 Å². The van der Waals surface area contributed by atoms with E-state index in [0.29, 0.717) is 24.3 Å². The highest BCUT2D eigenvalue weighted by molar-refractivity contribution is 8.76. The van der Waals surface area contributed by atoms with Crippen molar-refractivity contribution in [1.82, 2.24) is 25.8 Å². The van der Waals surface area contributed by atoms with Gasteiger partial charge in [-0.05, 0) is 107 Å². The Morgan fingerprint density at radius 2 is 1.78 bits per heavy atom. The van der Waals surface area contributed by atoms with Crippen LogP contribution in [0.5, 0.6) is 5.75 Å². The number of carbonyl (C=O) groups is 6. The van der Waals surface area contributed by atoms with Gasteiger partial charge in [0.2, 0.25) is 17.7 Å². The number of rotatable bonds is 27. The first-order valence-corrected chi connectivity index (χ1v) is 29.6. The summed E-state index contributed by atoms with van der Waals surface area (Å²) in [5.74, 6) is -1.90. The molecule has 0 radical (unpaired) electrons. The van der Waals surface area contributed by atoms with E-state index < -0.39 is 76.5 Å². The summed E-state index contributed by atoms with van der Waals surface area (Å²) in [5.41, 5.74) is -0.700. The van der Waals surface area contributed by atoms with E-state index in [1.54, 1.807) is 61.7 Å². The van der Waals surface area contributed by atoms with Crippen LogP contribution in [0.3, 0.4) is 0 Å². The van der Waals surface area contributed by atoms with E-state index in [1.807, 2.05) is 58.0 Å². The number of allylic oxidation sites excluding steroid dienone is 2. The topological polar surface area (TPSA) is 237 Å². The van der Waals surface area contributed by atoms with Gasteiger partial charge in [0.15, 0.2) is 5.72 Å². The minimum atomic E-state index is -1.74. The Labute approximate surface area is 470 Å². The number of nitrogens with zero attached hydrogens (tertiary/aromatic N) is 3. The third kappa shape index (κ3) is 17.8. The Morgan fingerprint density at radius 3 is 2.45 bits per heavy atom. The number of nitrogens with one attached hydrogen (secondary N) is 3. The number of thioether (sulfide) groups is 1. The van der Waals surface area contributed by atoms with Crippen molar-refractivity contribution in [2.45, 2.75) is 176 Å². The number of ether oxygens (including phenoxy) is 6. The predicted molar refractivity (Wildman–Crippen MR) is 300 cm³/mol. The minimum Gasteiger partial charge on any atom is -0.495 e. The van der Waals surface area contributed by atoms with Crippen LogP contribution in [0.1, 0.15) is 112 Å². The van der Waals surface area contributed by atoms with Gasteiger partial charge in [-0.2, -0.15) is 0 Å². The Balaban J connectivity index is 1.15. The van der Waals surface area contributed by atoms with E-state index in [1.165, 1.54) is 49.8 Å². The average Bonchev–Trinajstić information content (AvgIpc) is 4.11. The Morgan fingerprint density at radius 1 is 1.06 bits per heavy atom. The fourth-order valence-electron chi connectivity index (χ4n) is 9.11. The second kappa shape index (κ2) is 28.6. The number of benzene rings is 1. The van der Waals surface area contributed by atoms with Gasteiger partial charge in [-0.15, -0.1) is 11.8 Å². The molecular formula is C54H79ClN6O13S3. The molecule has 1 aliphatic carbocycles. The number of aliphatic hydroxyl groups is 1. The molecule has 4 N–H and O–H groups in total. The molecule has 77 heavy (non-hydrogen) atoms. The highest BCUT2D eigenvalue weighted by Gasteiger charge is 2.64. The van der Waals surface area contributed by atoms with Gasteiger partial charge in [-0.25, -0.2) is 19.4 Å². The van der Waals surface area contributed by atoms with Crippen molar-refractivity contribution in [3.8, 4) is 5.75 Å². The van der Waals surface area contributed by atoms with Crippen LogP contribution in [0.4, 0.5) is 15.3 Å². The average molecular weight is 1150 g/mol. The second-order valence-corrected chi connectivity index (χ2v) is 25.3. The zero-order valence-electron chi connectivity index (χ0n) is 46.4. The number of amides is 5. The molecule has 428 valence electrons. The molecule has 2 aliphatic heterocycles. The van der Waals surface area contributed by atoms with Crippen LogP contribution in [-0.2, 0) is 49.3 Å². The first kappa shape index (κ1) is 63.4. The van der Waals surface area contributed by atoms with Gasteiger partial charge in [0.1, 0.15) is 51.9 Å². The fourth-order valence-corrected chi connectivity index (χ4v) is 13.0. The van der Waals surface area contributed by atoms with Gasteiger partial charge in [-0.1, -0.05) is 67.3 Å². The number of cyclic esters (lactones) is 1. The number of methoxy groups -OCH3 is 2. The summed E-state index contributed by atoms with van der Waals surface area (Å²) < 4.78 is 34.4. The van der Waals surface area contributed by atoms with Crippen molar-refractivity contribution in [3.63, 3.8) is 0 Å². The molecule has 10 atom stereocenters. The molecule has 2 saturated heterocycles. The third-order valence-electron chi connectivity index (χ3n) is 14.7. The lowest BCUT2D eigenvalue weighted by molar-refractivity contribution is -0.162. The lowest BCUT2D eigenvalue weighted by Gasteiger charge is -2.41. The molecule has 1 aromatic heterocycles. The first-order chi connectivity index (χ1) is 36.3. The first-order valence-electron chi connectivity index (χ1n) is 26.1. The van der Waals surface area contributed by atoms with Crippen LogP contribution in [0.15, 0.2) is 53.2 Å². The SMILES string of the molecule is C/C=C(\C)Cc1cc(OC)c(Cl)c(N(C)C(=O)C[C@H](OC(=O)[C@H](C)N(C)C(=O)CCC(C)(C)SCC(=O)NCCNC(=O)O[C@H]2CCCC[C@@H]2SSc2ccccn2)[C@]2(C)O[C@H]2[C@H](C)[C@@H]2C[C@](O)([C@@H](C)OC)NC(=O)O2)c1. The smallest absolute Gasteiger partial charge is 0.409 e. The van der Waals surface area contributed by atoms with E-state index in [-0.39, 0.29) is 66.3 Å². The van der Waals surface area contributed by atoms with Crippen molar-refractivity contribution in [2.75, 3.05) is 52.1 Å². The number of hydrogen-bond acceptors (Lipinski definition) is 17. The summed E-state index contributed by atoms with van der Waals surface area (Å²) >= 11 is 8.18. The monoisotopic (exact) mass is 1150 g/mol. The van der Waals surface area contributed by atoms with Gasteiger partial charge in [0.25, 0.3) is 0 Å². The summed E-state index contributed by atoms with van der Waals surface area (Å²) in [5, 5.41) is 20.6. The molecule has 5 rings (SSSR count). The van der Waals surface area contributed by atoms with E-state index >= 15 is 0 Å². The van der Waals surface area contributed by atoms with Gasteiger partial charge < -0.3 is 54.0 Å². The maximum atomic E-state index is 14.4. The number of esters is 1. The maximum absolute atomic E-state index is 14.4. The van der Waals surface area contributed by atoms with Gasteiger partial charge in [0.05, 0.1) is 36.3 Å². The fraction of sp³-hybridized carbons (Fsp3) is 0.648. The zero-order chi connectivity index (χ0) is 56.8. The van der Waals surface area contributed by atoms with Crippen LogP contribution >= 0.6 is 45.0 Å². The quantitative estimate of drug-likeness (QED) is 0.0164. The molecule has 3 aliphatic rings. The van der Waals surface area contributed by atoms with Gasteiger partial charge in [0, 0.05) is 64.0 Å². The normalized spacial score (nSPS) is 23.9. The number of likely N-dealkylation sites (N-methyl/N-ethyl adjacent to an activating group) is 1. The Bertz CT molecular complexity index is 2410. The largest absolute Gasteiger partial charge is 0.495 e. The molecule has 0 spiro atoms. The van der Waals surface area contributed by atoms with Crippen LogP contribution in [0.25, 0.3) is 0 Å². The summed E-state index contributed by atoms with van der Waals surface area (Å²) in [4.78, 5) is 87.6. The van der Waals surface area contributed by atoms with E-state index in [9.17, 15) is 33.9 Å². The molecule has 5 amide bonds. The van der Waals surface area contributed by atoms with Crippen LogP contribution in [0, 0.1) is 5.92 Å². The highest BCUT2D eigenvalue weighted by atomic mass is 35.5. The van der Waals surface area contributed by atoms with Gasteiger partial charge in [-0.3, -0.25) is 19.7 Å². The lowest BCUT2D eigenvalue weighted by atomic mass is 9.84. The van der Waals surface area contributed by atoms with E-state index in [4.69, 9.17) is 40.0 Å². The van der Waals surface area contributed by atoms with Gasteiger partial charge >= 0.3 is 18.2 Å². The van der Waals surface area contributed by atoms with E-state index in [0.717, 1.165) is 41.8 Å². The molecule has 3 heterocycles. The summed E-state index contributed by atoms with van der Waals surface area (Å²) in [6.07, 6.45) is 3.00. The predicted octanol–water partition coefficient (Wildman–Crippen LogP) is 8.27. The standard InChI is InChI=1S/C54H79ClN6O13S3/c1-13-32(2)26-36-27-37(47(55)39(28-36)70-12)61(10)46(64)29-42(53(8)48(74-53)33(3)40-30-54(68,35(5)69-11)59-51(67)72-40)73-49(65)34(4)60(9)45(63)21-22-52(6,7)75-31-43(62)56-24-25-58-50(66)71-38-18-14-15-19-41(38)76-77-44-20-16-17-23-57-44/h13,16-17,20,23,27-28,33-35,38,40-42,48,68H,14-15,18-19,21-22,24-26,29-31H2,1-12H3,(H,56,62)(H,58,66)(H,59,67)/b32-13+/t33-,34+,35-,38+,40+,41+,42+,48+,53+,54+/m1/s1. The zero-order valence-corrected chi connectivity index (χ0v) is 49.6. The van der Waals surface area contributed by atoms with Crippen molar-refractivity contribution in [1.29, 1.82) is 0 Å².